The van der Waals surface area contributed by atoms with Crippen LogP contribution in [0.3, 0.4) is 0 Å². The summed E-state index contributed by atoms with van der Waals surface area (Å²) in [6, 6.07) is 0. The number of rotatable bonds is 1. The molecule has 0 unspecified atom stereocenters. The predicted molar refractivity (Wildman–Crippen MR) is 92.2 cm³/mol. The van der Waals surface area contributed by atoms with Crippen LogP contribution in [0, 0.1) is 12.8 Å². The van der Waals surface area contributed by atoms with Gasteiger partial charge in [0.2, 0.25) is 0 Å². The summed E-state index contributed by atoms with van der Waals surface area (Å²) in [6.45, 7) is 9.03. The van der Waals surface area contributed by atoms with Gasteiger partial charge in [0.1, 0.15) is 16.5 Å². The van der Waals surface area contributed by atoms with Crippen molar-refractivity contribution in [3.63, 3.8) is 0 Å². The Morgan fingerprint density at radius 1 is 1.23 bits per heavy atom. The first kappa shape index (κ1) is 14.4. The number of hydrogen-bond acceptors (Lipinski definition) is 4. The molecule has 0 saturated carbocycles. The lowest BCUT2D eigenvalue weighted by Crippen LogP contribution is -3.12. The summed E-state index contributed by atoms with van der Waals surface area (Å²) >= 11 is 1.91. The van der Waals surface area contributed by atoms with E-state index < -0.39 is 0 Å². The van der Waals surface area contributed by atoms with E-state index in [2.05, 4.69) is 18.9 Å². The van der Waals surface area contributed by atoms with Gasteiger partial charge < -0.3 is 9.80 Å². The fraction of sp³-hybridized carbons (Fsp3) is 0.647. The number of anilines is 1. The Morgan fingerprint density at radius 2 is 2.00 bits per heavy atom. The highest BCUT2D eigenvalue weighted by atomic mass is 32.1. The fourth-order valence-corrected chi connectivity index (χ4v) is 5.18. The largest absolute Gasteiger partial charge is 0.345 e. The van der Waals surface area contributed by atoms with Crippen molar-refractivity contribution in [2.75, 3.05) is 38.1 Å². The highest BCUT2D eigenvalue weighted by Gasteiger charge is 2.27. The maximum absolute atomic E-state index is 4.86. The molecule has 1 fully saturated rings. The van der Waals surface area contributed by atoms with Crippen LogP contribution in [0.2, 0.25) is 0 Å². The molecule has 0 amide bonds. The zero-order valence-corrected chi connectivity index (χ0v) is 14.6. The molecular formula is C17H25N4S+. The third-order valence-electron chi connectivity index (χ3n) is 5.16. The average molecular weight is 317 g/mol. The van der Waals surface area contributed by atoms with Crippen molar-refractivity contribution in [1.82, 2.24) is 9.97 Å². The summed E-state index contributed by atoms with van der Waals surface area (Å²) in [5.74, 6) is 2.94. The molecule has 0 radical (unpaired) electrons. The molecule has 4 rings (SSSR count). The van der Waals surface area contributed by atoms with Crippen LogP contribution in [0.15, 0.2) is 0 Å². The van der Waals surface area contributed by atoms with Crippen LogP contribution in [0.25, 0.3) is 10.2 Å². The van der Waals surface area contributed by atoms with Crippen LogP contribution in [0.5, 0.6) is 0 Å². The summed E-state index contributed by atoms with van der Waals surface area (Å²) in [5, 5.41) is 1.37. The quantitative estimate of drug-likeness (QED) is 0.864. The van der Waals surface area contributed by atoms with Crippen molar-refractivity contribution in [3.8, 4) is 0 Å². The predicted octanol–water partition coefficient (Wildman–Crippen LogP) is 1.46. The molecule has 0 aromatic carbocycles. The van der Waals surface area contributed by atoms with Gasteiger partial charge >= 0.3 is 0 Å². The topological polar surface area (TPSA) is 33.5 Å². The number of aromatic nitrogens is 2. The van der Waals surface area contributed by atoms with Gasteiger partial charge in [0.15, 0.2) is 0 Å². The zero-order valence-electron chi connectivity index (χ0n) is 13.8. The second-order valence-electron chi connectivity index (χ2n) is 7.07. The number of nitrogens with one attached hydrogen (secondary N) is 1. The molecule has 2 aliphatic rings. The SMILES string of the molecule is Cc1nc(N2CC[NH+](C)CC2)c2c3c(sc2n1)C[C@H](C)CC3. The van der Waals surface area contributed by atoms with Gasteiger partial charge in [-0.3, -0.25) is 0 Å². The molecule has 1 N–H and O–H groups in total. The molecule has 0 bridgehead atoms. The molecule has 0 spiro atoms. The fourth-order valence-electron chi connectivity index (χ4n) is 3.76. The smallest absolute Gasteiger partial charge is 0.141 e. The number of piperazine rings is 1. The van der Waals surface area contributed by atoms with Crippen LogP contribution < -0.4 is 9.80 Å². The van der Waals surface area contributed by atoms with Crippen LogP contribution in [-0.2, 0) is 12.8 Å². The number of aryl methyl sites for hydroxylation is 2. The standard InChI is InChI=1S/C17H24N4S/c1-11-4-5-13-14(10-11)22-17-15(13)16(18-12(2)19-17)21-8-6-20(3)7-9-21/h11H,4-10H2,1-3H3/p+1/t11-/m1/s1. The monoisotopic (exact) mass is 317 g/mol. The number of hydrogen-bond donors (Lipinski definition) is 1. The molecule has 2 aromatic rings. The van der Waals surface area contributed by atoms with E-state index in [1.165, 1.54) is 48.4 Å². The number of quaternary nitrogens is 1. The second-order valence-corrected chi connectivity index (χ2v) is 8.15. The van der Waals surface area contributed by atoms with E-state index in [1.807, 2.05) is 18.3 Å². The van der Waals surface area contributed by atoms with Crippen LogP contribution in [0.4, 0.5) is 5.82 Å². The first-order valence-corrected chi connectivity index (χ1v) is 9.28. The number of thiophene rings is 1. The minimum atomic E-state index is 0.810. The van der Waals surface area contributed by atoms with Crippen molar-refractivity contribution >= 4 is 27.4 Å². The lowest BCUT2D eigenvalue weighted by Gasteiger charge is -2.31. The van der Waals surface area contributed by atoms with Gasteiger partial charge in [-0.2, -0.15) is 0 Å². The van der Waals surface area contributed by atoms with Gasteiger partial charge in [-0.1, -0.05) is 6.92 Å². The van der Waals surface area contributed by atoms with Gasteiger partial charge in [0.25, 0.3) is 0 Å². The number of nitrogens with zero attached hydrogens (tertiary/aromatic N) is 3. The van der Waals surface area contributed by atoms with E-state index in [-0.39, 0.29) is 0 Å². The normalized spacial score (nSPS) is 23.0. The first-order valence-electron chi connectivity index (χ1n) is 8.47. The number of fused-ring (bicyclic) bond motifs is 3. The van der Waals surface area contributed by atoms with Crippen LogP contribution >= 0.6 is 11.3 Å². The third-order valence-corrected chi connectivity index (χ3v) is 6.31. The van der Waals surface area contributed by atoms with E-state index >= 15 is 0 Å². The van der Waals surface area contributed by atoms with E-state index in [4.69, 9.17) is 9.97 Å². The molecule has 3 heterocycles. The average Bonchev–Trinajstić information content (AvgIpc) is 2.84. The highest BCUT2D eigenvalue weighted by molar-refractivity contribution is 7.19. The van der Waals surface area contributed by atoms with Gasteiger partial charge in [-0.15, -0.1) is 11.3 Å². The van der Waals surface area contributed by atoms with E-state index in [9.17, 15) is 0 Å². The molecule has 1 aliphatic heterocycles. The Hall–Kier alpha value is -1.20. The Balaban J connectivity index is 1.83. The highest BCUT2D eigenvalue weighted by Crippen LogP contribution is 2.40. The van der Waals surface area contributed by atoms with Crippen molar-refractivity contribution in [2.24, 2.45) is 5.92 Å². The lowest BCUT2D eigenvalue weighted by molar-refractivity contribution is -0.880. The lowest BCUT2D eigenvalue weighted by atomic mass is 9.89. The van der Waals surface area contributed by atoms with E-state index in [0.717, 1.165) is 24.8 Å². The van der Waals surface area contributed by atoms with Gasteiger partial charge in [-0.25, -0.2) is 9.97 Å². The summed E-state index contributed by atoms with van der Waals surface area (Å²) in [6.07, 6.45) is 3.73. The van der Waals surface area contributed by atoms with Gasteiger partial charge in [0.05, 0.1) is 38.6 Å². The Bertz CT molecular complexity index is 700. The van der Waals surface area contributed by atoms with Crippen molar-refractivity contribution in [3.05, 3.63) is 16.3 Å². The molecule has 5 heteroatoms. The van der Waals surface area contributed by atoms with Crippen molar-refractivity contribution in [2.45, 2.75) is 33.1 Å². The summed E-state index contributed by atoms with van der Waals surface area (Å²) in [7, 11) is 2.28. The molecule has 118 valence electrons. The summed E-state index contributed by atoms with van der Waals surface area (Å²) in [5.41, 5.74) is 1.55. The minimum absolute atomic E-state index is 0.810. The molecule has 1 atom stereocenters. The Morgan fingerprint density at radius 3 is 2.77 bits per heavy atom. The van der Waals surface area contributed by atoms with Crippen LogP contribution in [0.1, 0.15) is 29.6 Å². The molecular weight excluding hydrogens is 292 g/mol. The first-order chi connectivity index (χ1) is 10.6. The Kier molecular flexibility index (Phi) is 3.57. The van der Waals surface area contributed by atoms with Crippen molar-refractivity contribution in [1.29, 1.82) is 0 Å². The maximum Gasteiger partial charge on any atom is 0.141 e. The number of likely N-dealkylation sites (N-methyl/N-ethyl adjacent to an activating group) is 1. The third kappa shape index (κ3) is 2.40. The molecule has 4 nitrogen and oxygen atoms in total. The maximum atomic E-state index is 4.86. The van der Waals surface area contributed by atoms with E-state index in [0.29, 0.717) is 0 Å². The van der Waals surface area contributed by atoms with Crippen molar-refractivity contribution < 1.29 is 4.90 Å². The molecule has 1 saturated heterocycles. The second kappa shape index (κ2) is 5.46. The van der Waals surface area contributed by atoms with Gasteiger partial charge in [-0.05, 0) is 37.7 Å². The molecule has 22 heavy (non-hydrogen) atoms. The minimum Gasteiger partial charge on any atom is -0.345 e. The van der Waals surface area contributed by atoms with Gasteiger partial charge in [0, 0.05) is 4.88 Å². The molecule has 2 aromatic heterocycles. The zero-order chi connectivity index (χ0) is 15.3. The Labute approximate surface area is 136 Å². The summed E-state index contributed by atoms with van der Waals surface area (Å²) in [4.78, 5) is 16.5. The molecule has 1 aliphatic carbocycles. The van der Waals surface area contributed by atoms with E-state index in [1.54, 1.807) is 15.3 Å². The van der Waals surface area contributed by atoms with Crippen LogP contribution in [-0.4, -0.2) is 43.2 Å². The summed E-state index contributed by atoms with van der Waals surface area (Å²) < 4.78 is 0.